The Morgan fingerprint density at radius 1 is 0.938 bits per heavy atom. The van der Waals surface area contributed by atoms with Gasteiger partial charge in [0.1, 0.15) is 0 Å². The van der Waals surface area contributed by atoms with Gasteiger partial charge in [0.25, 0.3) is 0 Å². The number of hydrogen-bond acceptors (Lipinski definition) is 4. The third-order valence-corrected chi connectivity index (χ3v) is 1.99. The molecular weight excluding hydrogens is 344 g/mol. The van der Waals surface area contributed by atoms with E-state index in [4.69, 9.17) is 0 Å². The number of nitrogens with two attached hydrogens (primary N) is 2. The van der Waals surface area contributed by atoms with Crippen molar-refractivity contribution >= 4 is 43.7 Å². The Labute approximate surface area is 113 Å². The van der Waals surface area contributed by atoms with E-state index in [-0.39, 0.29) is 22.5 Å². The van der Waals surface area contributed by atoms with E-state index in [1.54, 1.807) is 0 Å². The standard InChI is InChI=1S/C4H12N2.2C2H4BrNO/c1-5-3-4-6-2;2*3-1-2(4)5/h5-6H,3-4H2,1-2H3;2*1H2,(H2,4,5). The lowest BCUT2D eigenvalue weighted by atomic mass is 10.6. The third-order valence-electron chi connectivity index (χ3n) is 0.888. The van der Waals surface area contributed by atoms with Crippen LogP contribution in [0.4, 0.5) is 0 Å². The fourth-order valence-electron chi connectivity index (χ4n) is 0.250. The number of nitrogens with one attached hydrogen (secondary N) is 2. The maximum Gasteiger partial charge on any atom is 0.228 e. The van der Waals surface area contributed by atoms with Gasteiger partial charge in [0.15, 0.2) is 0 Å². The fourth-order valence-corrected chi connectivity index (χ4v) is 0.250. The number of halogens is 2. The maximum absolute atomic E-state index is 9.54. The van der Waals surface area contributed by atoms with Crippen LogP contribution < -0.4 is 22.1 Å². The SMILES string of the molecule is CNCCNC.NC(=O)CBr.NC(=O)CBr. The Balaban J connectivity index is -0.000000160. The zero-order valence-corrected chi connectivity index (χ0v) is 12.7. The number of likely N-dealkylation sites (N-methyl/N-ethyl adjacent to an activating group) is 2. The predicted octanol–water partition coefficient (Wildman–Crippen LogP) is -0.842. The Bertz CT molecular complexity index is 152. The molecule has 0 aromatic carbocycles. The molecule has 0 spiro atoms. The minimum Gasteiger partial charge on any atom is -0.369 e. The lowest BCUT2D eigenvalue weighted by Gasteiger charge is -1.92. The first-order valence-corrected chi connectivity index (χ1v) is 6.68. The second kappa shape index (κ2) is 20.3. The third kappa shape index (κ3) is 48.8. The summed E-state index contributed by atoms with van der Waals surface area (Å²) >= 11 is 5.68. The van der Waals surface area contributed by atoms with Crippen LogP contribution in [0.5, 0.6) is 0 Å². The Morgan fingerprint density at radius 3 is 1.19 bits per heavy atom. The number of alkyl halides is 2. The van der Waals surface area contributed by atoms with Crippen LogP contribution in [0.3, 0.4) is 0 Å². The summed E-state index contributed by atoms with van der Waals surface area (Å²) in [5, 5.41) is 6.53. The molecule has 8 heteroatoms. The quantitative estimate of drug-likeness (QED) is 0.377. The molecule has 0 rings (SSSR count). The molecule has 0 saturated heterocycles. The topological polar surface area (TPSA) is 110 Å². The van der Waals surface area contributed by atoms with Crippen LogP contribution in [0.2, 0.25) is 0 Å². The summed E-state index contributed by atoms with van der Waals surface area (Å²) < 4.78 is 0. The summed E-state index contributed by atoms with van der Waals surface area (Å²) in [4.78, 5) is 19.1. The van der Waals surface area contributed by atoms with Crippen LogP contribution in [0.25, 0.3) is 0 Å². The first-order valence-electron chi connectivity index (χ1n) is 4.43. The van der Waals surface area contributed by atoms with Gasteiger partial charge in [-0.3, -0.25) is 9.59 Å². The van der Waals surface area contributed by atoms with Crippen LogP contribution >= 0.6 is 31.9 Å². The highest BCUT2D eigenvalue weighted by Crippen LogP contribution is 1.71. The van der Waals surface area contributed by atoms with Crippen LogP contribution in [0.15, 0.2) is 0 Å². The van der Waals surface area contributed by atoms with Gasteiger partial charge >= 0.3 is 0 Å². The summed E-state index contributed by atoms with van der Waals surface area (Å²) in [5.74, 6) is -0.657. The minimum atomic E-state index is -0.329. The molecule has 0 radical (unpaired) electrons. The highest BCUT2D eigenvalue weighted by atomic mass is 79.9. The van der Waals surface area contributed by atoms with Gasteiger partial charge < -0.3 is 22.1 Å². The molecule has 0 aromatic rings. The number of carbonyl (C=O) groups is 2. The van der Waals surface area contributed by atoms with Gasteiger partial charge in [-0.2, -0.15) is 0 Å². The second-order valence-electron chi connectivity index (χ2n) is 2.41. The average molecular weight is 364 g/mol. The molecule has 0 unspecified atom stereocenters. The highest BCUT2D eigenvalue weighted by Gasteiger charge is 1.79. The predicted molar refractivity (Wildman–Crippen MR) is 73.8 cm³/mol. The second-order valence-corrected chi connectivity index (χ2v) is 3.53. The molecule has 16 heavy (non-hydrogen) atoms. The first-order chi connectivity index (χ1) is 7.45. The molecule has 0 bridgehead atoms. The van der Waals surface area contributed by atoms with Crippen LogP contribution in [-0.2, 0) is 9.59 Å². The molecule has 0 aliphatic carbocycles. The number of rotatable bonds is 5. The molecule has 6 N–H and O–H groups in total. The summed E-state index contributed by atoms with van der Waals surface area (Å²) in [7, 11) is 3.88. The van der Waals surface area contributed by atoms with Gasteiger partial charge in [0.05, 0.1) is 10.7 Å². The average Bonchev–Trinajstić information content (AvgIpc) is 2.27. The molecule has 98 valence electrons. The Hall–Kier alpha value is -0.180. The molecule has 0 aliphatic rings. The van der Waals surface area contributed by atoms with Crippen molar-refractivity contribution in [3.63, 3.8) is 0 Å². The lowest BCUT2D eigenvalue weighted by Crippen LogP contribution is -2.21. The summed E-state index contributed by atoms with van der Waals surface area (Å²) in [5.41, 5.74) is 9.21. The molecule has 0 heterocycles. The Kier molecular flexibility index (Phi) is 26.8. The van der Waals surface area contributed by atoms with Crippen molar-refractivity contribution in [3.8, 4) is 0 Å². The van der Waals surface area contributed by atoms with E-state index >= 15 is 0 Å². The summed E-state index contributed by atoms with van der Waals surface area (Å²) in [6.45, 7) is 2.10. The van der Waals surface area contributed by atoms with E-state index < -0.39 is 0 Å². The molecule has 0 aromatic heterocycles. The summed E-state index contributed by atoms with van der Waals surface area (Å²) in [6, 6.07) is 0. The van der Waals surface area contributed by atoms with Crippen LogP contribution in [0, 0.1) is 0 Å². The van der Waals surface area contributed by atoms with Crippen molar-refractivity contribution in [1.29, 1.82) is 0 Å². The molecule has 0 fully saturated rings. The Morgan fingerprint density at radius 2 is 1.12 bits per heavy atom. The zero-order chi connectivity index (χ0) is 13.4. The van der Waals surface area contributed by atoms with Gasteiger partial charge in [-0.15, -0.1) is 0 Å². The molecule has 0 atom stereocenters. The van der Waals surface area contributed by atoms with Crippen molar-refractivity contribution in [2.24, 2.45) is 11.5 Å². The molecule has 2 amide bonds. The molecule has 0 aliphatic heterocycles. The zero-order valence-electron chi connectivity index (χ0n) is 9.56. The van der Waals surface area contributed by atoms with Gasteiger partial charge in [-0.05, 0) is 14.1 Å². The number of primary amides is 2. The minimum absolute atomic E-state index is 0.257. The normalized spacial score (nSPS) is 8.00. The van der Waals surface area contributed by atoms with Crippen molar-refractivity contribution in [2.75, 3.05) is 37.8 Å². The number of carbonyl (C=O) groups excluding carboxylic acids is 2. The van der Waals surface area contributed by atoms with Crippen LogP contribution in [0.1, 0.15) is 0 Å². The number of hydrogen-bond donors (Lipinski definition) is 4. The van der Waals surface area contributed by atoms with Crippen molar-refractivity contribution in [1.82, 2.24) is 10.6 Å². The molecule has 0 saturated carbocycles. The first kappa shape index (κ1) is 21.1. The van der Waals surface area contributed by atoms with Crippen molar-refractivity contribution in [2.45, 2.75) is 0 Å². The fraction of sp³-hybridized carbons (Fsp3) is 0.750. The van der Waals surface area contributed by atoms with E-state index in [2.05, 4.69) is 54.0 Å². The van der Waals surface area contributed by atoms with Gasteiger partial charge in [-0.1, -0.05) is 31.9 Å². The van der Waals surface area contributed by atoms with E-state index in [9.17, 15) is 9.59 Å². The van der Waals surface area contributed by atoms with Gasteiger partial charge in [0, 0.05) is 13.1 Å². The number of amides is 2. The van der Waals surface area contributed by atoms with Gasteiger partial charge in [0.2, 0.25) is 11.8 Å². The van der Waals surface area contributed by atoms with Crippen molar-refractivity contribution in [3.05, 3.63) is 0 Å². The van der Waals surface area contributed by atoms with Gasteiger partial charge in [-0.25, -0.2) is 0 Å². The highest BCUT2D eigenvalue weighted by molar-refractivity contribution is 9.09. The van der Waals surface area contributed by atoms with Crippen molar-refractivity contribution < 1.29 is 9.59 Å². The smallest absolute Gasteiger partial charge is 0.228 e. The summed E-state index contributed by atoms with van der Waals surface area (Å²) in [6.07, 6.45) is 0. The monoisotopic (exact) mass is 362 g/mol. The van der Waals surface area contributed by atoms with E-state index in [1.807, 2.05) is 14.1 Å². The van der Waals surface area contributed by atoms with E-state index in [1.165, 1.54) is 0 Å². The largest absolute Gasteiger partial charge is 0.369 e. The van der Waals surface area contributed by atoms with Crippen LogP contribution in [-0.4, -0.2) is 49.7 Å². The maximum atomic E-state index is 9.54. The molecular formula is C8H20Br2N4O2. The lowest BCUT2D eigenvalue weighted by molar-refractivity contribution is -0.116. The van der Waals surface area contributed by atoms with E-state index in [0.29, 0.717) is 0 Å². The molecule has 6 nitrogen and oxygen atoms in total. The van der Waals surface area contributed by atoms with E-state index in [0.717, 1.165) is 13.1 Å².